The molecule has 0 bridgehead atoms. The maximum absolute atomic E-state index is 4.30. The van der Waals surface area contributed by atoms with Gasteiger partial charge in [0.25, 0.3) is 0 Å². The molecule has 0 radical (unpaired) electrons. The second-order valence-electron chi connectivity index (χ2n) is 5.05. The van der Waals surface area contributed by atoms with Crippen LogP contribution < -0.4 is 10.6 Å². The molecular weight excluding hydrogens is 345 g/mol. The van der Waals surface area contributed by atoms with Crippen LogP contribution in [-0.2, 0) is 0 Å². The summed E-state index contributed by atoms with van der Waals surface area (Å²) in [5, 5.41) is 7.87. The molecule has 17 heavy (non-hydrogen) atoms. The van der Waals surface area contributed by atoms with E-state index in [1.165, 1.54) is 25.7 Å². The van der Waals surface area contributed by atoms with Gasteiger partial charge in [-0.15, -0.1) is 24.0 Å². The SMILES string of the molecule is CN=C(NC1CCC(SC)C1)NC1CC1C.I. The van der Waals surface area contributed by atoms with E-state index in [1.807, 2.05) is 18.8 Å². The van der Waals surface area contributed by atoms with Gasteiger partial charge in [-0.3, -0.25) is 4.99 Å². The number of hydrogen-bond donors (Lipinski definition) is 2. The van der Waals surface area contributed by atoms with Crippen LogP contribution >= 0.6 is 35.7 Å². The van der Waals surface area contributed by atoms with Crippen LogP contribution in [0.4, 0.5) is 0 Å². The first kappa shape index (κ1) is 15.4. The third kappa shape index (κ3) is 4.50. The Balaban J connectivity index is 0.00000144. The number of nitrogens with zero attached hydrogens (tertiary/aromatic N) is 1. The lowest BCUT2D eigenvalue weighted by Gasteiger charge is -2.17. The zero-order valence-corrected chi connectivity index (χ0v) is 14.0. The number of rotatable bonds is 3. The zero-order chi connectivity index (χ0) is 11.5. The van der Waals surface area contributed by atoms with Crippen molar-refractivity contribution in [2.75, 3.05) is 13.3 Å². The van der Waals surface area contributed by atoms with Gasteiger partial charge in [-0.1, -0.05) is 6.92 Å². The lowest BCUT2D eigenvalue weighted by Crippen LogP contribution is -2.43. The lowest BCUT2D eigenvalue weighted by molar-refractivity contribution is 0.611. The first-order valence-electron chi connectivity index (χ1n) is 6.25. The van der Waals surface area contributed by atoms with Gasteiger partial charge in [-0.05, 0) is 37.9 Å². The maximum Gasteiger partial charge on any atom is 0.191 e. The van der Waals surface area contributed by atoms with Crippen LogP contribution in [-0.4, -0.2) is 36.6 Å². The molecule has 100 valence electrons. The normalized spacial score (nSPS) is 36.3. The Labute approximate surface area is 126 Å². The third-order valence-electron chi connectivity index (χ3n) is 3.71. The summed E-state index contributed by atoms with van der Waals surface area (Å²) in [6.07, 6.45) is 7.41. The Morgan fingerprint density at radius 1 is 1.24 bits per heavy atom. The predicted molar refractivity (Wildman–Crippen MR) is 87.6 cm³/mol. The van der Waals surface area contributed by atoms with Gasteiger partial charge < -0.3 is 10.6 Å². The average Bonchev–Trinajstić information content (AvgIpc) is 2.81. The first-order chi connectivity index (χ1) is 7.72. The minimum atomic E-state index is 0. The summed E-state index contributed by atoms with van der Waals surface area (Å²) in [5.74, 6) is 1.82. The number of aliphatic imine (C=N–C) groups is 1. The molecule has 3 nitrogen and oxygen atoms in total. The summed E-state index contributed by atoms with van der Waals surface area (Å²) >= 11 is 2.00. The molecule has 0 saturated heterocycles. The van der Waals surface area contributed by atoms with Crippen molar-refractivity contribution in [3.63, 3.8) is 0 Å². The van der Waals surface area contributed by atoms with Gasteiger partial charge in [0.2, 0.25) is 0 Å². The van der Waals surface area contributed by atoms with Gasteiger partial charge >= 0.3 is 0 Å². The van der Waals surface area contributed by atoms with Crippen molar-refractivity contribution in [2.45, 2.75) is 49.9 Å². The molecule has 0 aromatic rings. The van der Waals surface area contributed by atoms with E-state index in [-0.39, 0.29) is 24.0 Å². The van der Waals surface area contributed by atoms with E-state index in [9.17, 15) is 0 Å². The smallest absolute Gasteiger partial charge is 0.191 e. The van der Waals surface area contributed by atoms with E-state index in [4.69, 9.17) is 0 Å². The second kappa shape index (κ2) is 7.07. The van der Waals surface area contributed by atoms with Gasteiger partial charge in [0.1, 0.15) is 0 Å². The van der Waals surface area contributed by atoms with Crippen LogP contribution in [0.5, 0.6) is 0 Å². The summed E-state index contributed by atoms with van der Waals surface area (Å²) in [4.78, 5) is 4.30. The molecule has 2 aliphatic rings. The molecule has 0 amide bonds. The fourth-order valence-corrected chi connectivity index (χ4v) is 3.14. The zero-order valence-electron chi connectivity index (χ0n) is 10.9. The highest BCUT2D eigenvalue weighted by Gasteiger charge is 2.34. The van der Waals surface area contributed by atoms with Crippen molar-refractivity contribution in [3.05, 3.63) is 0 Å². The van der Waals surface area contributed by atoms with Crippen LogP contribution in [0.25, 0.3) is 0 Å². The number of nitrogens with one attached hydrogen (secondary N) is 2. The van der Waals surface area contributed by atoms with Crippen LogP contribution in [0.3, 0.4) is 0 Å². The van der Waals surface area contributed by atoms with Crippen LogP contribution in [0, 0.1) is 5.92 Å². The minimum Gasteiger partial charge on any atom is -0.354 e. The fraction of sp³-hybridized carbons (Fsp3) is 0.917. The van der Waals surface area contributed by atoms with E-state index in [1.54, 1.807) is 0 Å². The maximum atomic E-state index is 4.30. The number of thioether (sulfide) groups is 1. The molecule has 0 aromatic carbocycles. The molecule has 0 heterocycles. The Morgan fingerprint density at radius 2 is 1.94 bits per heavy atom. The highest BCUT2D eigenvalue weighted by atomic mass is 127. The standard InChI is InChI=1S/C12H23N3S.HI/c1-8-6-11(8)15-12(13-2)14-9-4-5-10(7-9)16-3;/h8-11H,4-7H2,1-3H3,(H2,13,14,15);1H. The monoisotopic (exact) mass is 369 g/mol. The Bertz CT molecular complexity index is 272. The molecule has 2 fully saturated rings. The molecule has 0 aliphatic heterocycles. The van der Waals surface area contributed by atoms with Crippen molar-refractivity contribution in [2.24, 2.45) is 10.9 Å². The number of hydrogen-bond acceptors (Lipinski definition) is 2. The average molecular weight is 369 g/mol. The van der Waals surface area contributed by atoms with Gasteiger partial charge in [0, 0.05) is 24.4 Å². The van der Waals surface area contributed by atoms with E-state index in [0.29, 0.717) is 12.1 Å². The number of halogens is 1. The molecule has 4 unspecified atom stereocenters. The summed E-state index contributed by atoms with van der Waals surface area (Å²) in [6.45, 7) is 2.28. The van der Waals surface area contributed by atoms with Crippen LogP contribution in [0.15, 0.2) is 4.99 Å². The van der Waals surface area contributed by atoms with Gasteiger partial charge in [0.05, 0.1) is 0 Å². The highest BCUT2D eigenvalue weighted by molar-refractivity contribution is 14.0. The number of guanidine groups is 1. The highest BCUT2D eigenvalue weighted by Crippen LogP contribution is 2.30. The molecule has 5 heteroatoms. The van der Waals surface area contributed by atoms with Gasteiger partial charge in [-0.2, -0.15) is 11.8 Å². The van der Waals surface area contributed by atoms with Crippen molar-refractivity contribution >= 4 is 41.7 Å². The molecule has 2 aliphatic carbocycles. The van der Waals surface area contributed by atoms with Crippen molar-refractivity contribution in [1.29, 1.82) is 0 Å². The van der Waals surface area contributed by atoms with Crippen molar-refractivity contribution < 1.29 is 0 Å². The summed E-state index contributed by atoms with van der Waals surface area (Å²) in [6, 6.07) is 1.28. The second-order valence-corrected chi connectivity index (χ2v) is 6.19. The summed E-state index contributed by atoms with van der Waals surface area (Å²) in [5.41, 5.74) is 0. The fourth-order valence-electron chi connectivity index (χ4n) is 2.35. The Hall–Kier alpha value is 0.350. The quantitative estimate of drug-likeness (QED) is 0.456. The minimum absolute atomic E-state index is 0. The van der Waals surface area contributed by atoms with Crippen molar-refractivity contribution in [1.82, 2.24) is 10.6 Å². The Kier molecular flexibility index (Phi) is 6.40. The largest absolute Gasteiger partial charge is 0.354 e. The topological polar surface area (TPSA) is 36.4 Å². The molecule has 2 N–H and O–H groups in total. The van der Waals surface area contributed by atoms with E-state index in [2.05, 4.69) is 28.8 Å². The van der Waals surface area contributed by atoms with E-state index < -0.39 is 0 Å². The van der Waals surface area contributed by atoms with Gasteiger partial charge in [0.15, 0.2) is 5.96 Å². The predicted octanol–water partition coefficient (Wildman–Crippen LogP) is 2.46. The third-order valence-corrected chi connectivity index (χ3v) is 4.81. The molecule has 0 aromatic heterocycles. The molecule has 0 spiro atoms. The van der Waals surface area contributed by atoms with Crippen molar-refractivity contribution in [3.8, 4) is 0 Å². The Morgan fingerprint density at radius 3 is 2.41 bits per heavy atom. The van der Waals surface area contributed by atoms with E-state index in [0.717, 1.165) is 17.1 Å². The molecule has 2 saturated carbocycles. The summed E-state index contributed by atoms with van der Waals surface area (Å²) in [7, 11) is 1.86. The van der Waals surface area contributed by atoms with E-state index >= 15 is 0 Å². The van der Waals surface area contributed by atoms with Gasteiger partial charge in [-0.25, -0.2) is 0 Å². The van der Waals surface area contributed by atoms with Crippen LogP contribution in [0.1, 0.15) is 32.6 Å². The first-order valence-corrected chi connectivity index (χ1v) is 7.54. The summed E-state index contributed by atoms with van der Waals surface area (Å²) < 4.78 is 0. The molecule has 2 rings (SSSR count). The van der Waals surface area contributed by atoms with Crippen LogP contribution in [0.2, 0.25) is 0 Å². The molecule has 4 atom stereocenters. The molecular formula is C12H24IN3S. The lowest BCUT2D eigenvalue weighted by atomic mass is 10.2.